The molecule has 1 heterocycles. The molecule has 1 aliphatic heterocycles. The van der Waals surface area contributed by atoms with E-state index in [0.29, 0.717) is 16.7 Å². The van der Waals surface area contributed by atoms with E-state index in [4.69, 9.17) is 33.7 Å². The third-order valence-corrected chi connectivity index (χ3v) is 3.59. The molecule has 0 saturated carbocycles. The molecule has 3 N–H and O–H groups in total. The Hall–Kier alpha value is -0.480. The van der Waals surface area contributed by atoms with Crippen molar-refractivity contribution in [2.24, 2.45) is 5.73 Å². The van der Waals surface area contributed by atoms with Crippen molar-refractivity contribution in [3.63, 3.8) is 0 Å². The molecule has 0 aliphatic carbocycles. The summed E-state index contributed by atoms with van der Waals surface area (Å²) in [4.78, 5) is 0. The molecular weight excluding hydrogens is 271 g/mol. The first-order chi connectivity index (χ1) is 8.72. The Balaban J connectivity index is 2.07. The molecule has 1 aromatic rings. The van der Waals surface area contributed by atoms with Gasteiger partial charge in [-0.05, 0) is 38.1 Å². The number of nitrogens with two attached hydrogens (primary N) is 1. The molecule has 0 aromatic heterocycles. The third-order valence-electron chi connectivity index (χ3n) is 3.09. The highest BCUT2D eigenvalue weighted by Crippen LogP contribution is 2.39. The van der Waals surface area contributed by atoms with Gasteiger partial charge in [-0.2, -0.15) is 0 Å². The molecule has 0 amide bonds. The minimum atomic E-state index is 0.266. The highest BCUT2D eigenvalue weighted by Gasteiger charge is 2.23. The van der Waals surface area contributed by atoms with Crippen LogP contribution in [0.2, 0.25) is 10.0 Å². The van der Waals surface area contributed by atoms with Crippen molar-refractivity contribution >= 4 is 23.2 Å². The molecule has 100 valence electrons. The van der Waals surface area contributed by atoms with Crippen LogP contribution in [0.25, 0.3) is 0 Å². The van der Waals surface area contributed by atoms with Gasteiger partial charge in [0.1, 0.15) is 5.75 Å². The lowest BCUT2D eigenvalue weighted by Gasteiger charge is -2.27. The maximum atomic E-state index is 6.14. The first kappa shape index (κ1) is 13.9. The summed E-state index contributed by atoms with van der Waals surface area (Å²) in [5, 5.41) is 4.75. The summed E-state index contributed by atoms with van der Waals surface area (Å²) in [6.45, 7) is 2.37. The van der Waals surface area contributed by atoms with Crippen molar-refractivity contribution in [1.29, 1.82) is 0 Å². The summed E-state index contributed by atoms with van der Waals surface area (Å²) >= 11 is 12.2. The van der Waals surface area contributed by atoms with Crippen molar-refractivity contribution in [2.45, 2.75) is 25.3 Å². The number of rotatable bonds is 5. The minimum Gasteiger partial charge on any atom is -0.492 e. The molecule has 1 unspecified atom stereocenters. The highest BCUT2D eigenvalue weighted by atomic mass is 35.5. The summed E-state index contributed by atoms with van der Waals surface area (Å²) in [5.41, 5.74) is 6.54. The number of fused-ring (bicyclic) bond motifs is 1. The zero-order valence-corrected chi connectivity index (χ0v) is 11.7. The van der Waals surface area contributed by atoms with Gasteiger partial charge in [0, 0.05) is 23.0 Å². The quantitative estimate of drug-likeness (QED) is 0.819. The van der Waals surface area contributed by atoms with E-state index in [1.807, 2.05) is 6.07 Å². The summed E-state index contributed by atoms with van der Waals surface area (Å²) in [6, 6.07) is 3.92. The first-order valence-electron chi connectivity index (χ1n) is 6.27. The van der Waals surface area contributed by atoms with E-state index >= 15 is 0 Å². The molecule has 0 fully saturated rings. The van der Waals surface area contributed by atoms with E-state index in [1.165, 1.54) is 0 Å². The van der Waals surface area contributed by atoms with Crippen LogP contribution < -0.4 is 15.8 Å². The molecule has 0 saturated heterocycles. The third kappa shape index (κ3) is 3.29. The van der Waals surface area contributed by atoms with Gasteiger partial charge in [-0.15, -0.1) is 0 Å². The first-order valence-corrected chi connectivity index (χ1v) is 7.03. The minimum absolute atomic E-state index is 0.266. The topological polar surface area (TPSA) is 47.3 Å². The van der Waals surface area contributed by atoms with Gasteiger partial charge in [-0.25, -0.2) is 0 Å². The molecule has 0 spiro atoms. The molecular formula is C13H18Cl2N2O. The van der Waals surface area contributed by atoms with E-state index in [0.717, 1.165) is 43.7 Å². The Morgan fingerprint density at radius 1 is 1.33 bits per heavy atom. The van der Waals surface area contributed by atoms with Crippen LogP contribution in [0, 0.1) is 0 Å². The highest BCUT2D eigenvalue weighted by molar-refractivity contribution is 6.35. The van der Waals surface area contributed by atoms with Gasteiger partial charge in [0.2, 0.25) is 0 Å². The number of hydrogen-bond acceptors (Lipinski definition) is 3. The number of benzene rings is 1. The lowest BCUT2D eigenvalue weighted by Crippen LogP contribution is -2.28. The van der Waals surface area contributed by atoms with E-state index in [9.17, 15) is 0 Å². The van der Waals surface area contributed by atoms with Crippen LogP contribution in [0.3, 0.4) is 0 Å². The average Bonchev–Trinajstić information content (AvgIpc) is 2.35. The summed E-state index contributed by atoms with van der Waals surface area (Å²) in [5.74, 6) is 0.767. The van der Waals surface area contributed by atoms with Gasteiger partial charge in [0.15, 0.2) is 0 Å². The largest absolute Gasteiger partial charge is 0.492 e. The van der Waals surface area contributed by atoms with Gasteiger partial charge in [-0.3, -0.25) is 0 Å². The van der Waals surface area contributed by atoms with Crippen molar-refractivity contribution in [3.05, 3.63) is 27.7 Å². The average molecular weight is 289 g/mol. The van der Waals surface area contributed by atoms with Crippen LogP contribution in [-0.2, 0) is 0 Å². The monoisotopic (exact) mass is 288 g/mol. The number of halogens is 2. The molecule has 5 heteroatoms. The molecule has 2 rings (SSSR count). The second-order valence-corrected chi connectivity index (χ2v) is 5.29. The summed E-state index contributed by atoms with van der Waals surface area (Å²) < 4.78 is 5.62. The van der Waals surface area contributed by atoms with Crippen LogP contribution in [0.15, 0.2) is 12.1 Å². The Kier molecular flexibility index (Phi) is 5.13. The van der Waals surface area contributed by atoms with Crippen LogP contribution in [0.1, 0.15) is 30.9 Å². The fraction of sp³-hybridized carbons (Fsp3) is 0.538. The number of unbranched alkanes of at least 4 members (excludes halogenated alkanes) is 1. The number of nitrogens with one attached hydrogen (secondary N) is 1. The normalized spacial score (nSPS) is 18.3. The standard InChI is InChI=1S/C13H18Cl2N2O/c14-9-7-10-12(17-5-2-1-4-16)3-6-18-13(10)11(15)8-9/h7-8,12,17H,1-6,16H2. The van der Waals surface area contributed by atoms with Gasteiger partial charge < -0.3 is 15.8 Å². The molecule has 1 atom stereocenters. The Morgan fingerprint density at radius 2 is 2.17 bits per heavy atom. The van der Waals surface area contributed by atoms with Gasteiger partial charge in [0.05, 0.1) is 11.6 Å². The fourth-order valence-corrected chi connectivity index (χ4v) is 2.75. The lowest BCUT2D eigenvalue weighted by atomic mass is 10.0. The number of ether oxygens (including phenoxy) is 1. The van der Waals surface area contributed by atoms with Crippen LogP contribution >= 0.6 is 23.2 Å². The molecule has 1 aliphatic rings. The van der Waals surface area contributed by atoms with E-state index in [2.05, 4.69) is 5.32 Å². The summed E-state index contributed by atoms with van der Waals surface area (Å²) in [6.07, 6.45) is 3.06. The van der Waals surface area contributed by atoms with Gasteiger partial charge in [-0.1, -0.05) is 23.2 Å². The number of hydrogen-bond donors (Lipinski definition) is 2. The smallest absolute Gasteiger partial charge is 0.142 e. The second-order valence-electron chi connectivity index (χ2n) is 4.45. The van der Waals surface area contributed by atoms with E-state index < -0.39 is 0 Å². The van der Waals surface area contributed by atoms with Crippen molar-refractivity contribution in [3.8, 4) is 5.75 Å². The Morgan fingerprint density at radius 3 is 2.94 bits per heavy atom. The van der Waals surface area contributed by atoms with Crippen LogP contribution in [-0.4, -0.2) is 19.7 Å². The molecule has 0 radical (unpaired) electrons. The van der Waals surface area contributed by atoms with Crippen molar-refractivity contribution < 1.29 is 4.74 Å². The van der Waals surface area contributed by atoms with E-state index in [-0.39, 0.29) is 6.04 Å². The Bertz CT molecular complexity index is 412. The molecule has 0 bridgehead atoms. The van der Waals surface area contributed by atoms with E-state index in [1.54, 1.807) is 6.07 Å². The zero-order valence-electron chi connectivity index (χ0n) is 10.2. The second kappa shape index (κ2) is 6.62. The molecule has 3 nitrogen and oxygen atoms in total. The zero-order chi connectivity index (χ0) is 13.0. The van der Waals surface area contributed by atoms with Crippen LogP contribution in [0.4, 0.5) is 0 Å². The summed E-state index contributed by atoms with van der Waals surface area (Å²) in [7, 11) is 0. The lowest BCUT2D eigenvalue weighted by molar-refractivity contribution is 0.253. The van der Waals surface area contributed by atoms with Crippen molar-refractivity contribution in [2.75, 3.05) is 19.7 Å². The van der Waals surface area contributed by atoms with Crippen molar-refractivity contribution in [1.82, 2.24) is 5.32 Å². The fourth-order valence-electron chi connectivity index (χ4n) is 2.18. The molecule has 18 heavy (non-hydrogen) atoms. The maximum absolute atomic E-state index is 6.14. The Labute approximate surface area is 118 Å². The molecule has 1 aromatic carbocycles. The maximum Gasteiger partial charge on any atom is 0.142 e. The van der Waals surface area contributed by atoms with Gasteiger partial charge >= 0.3 is 0 Å². The van der Waals surface area contributed by atoms with Crippen LogP contribution in [0.5, 0.6) is 5.75 Å². The predicted molar refractivity (Wildman–Crippen MR) is 75.6 cm³/mol. The SMILES string of the molecule is NCCCCNC1CCOc2c(Cl)cc(Cl)cc21. The van der Waals surface area contributed by atoms with Gasteiger partial charge in [0.25, 0.3) is 0 Å². The predicted octanol–water partition coefficient (Wildman–Crippen LogP) is 3.15.